The zero-order chi connectivity index (χ0) is 14.4. The van der Waals surface area contributed by atoms with Gasteiger partial charge in [-0.1, -0.05) is 36.8 Å². The van der Waals surface area contributed by atoms with Crippen LogP contribution in [-0.4, -0.2) is 25.6 Å². The molecule has 0 aromatic heterocycles. The van der Waals surface area contributed by atoms with Crippen molar-refractivity contribution in [1.29, 1.82) is 0 Å². The summed E-state index contributed by atoms with van der Waals surface area (Å²) >= 11 is 0. The van der Waals surface area contributed by atoms with Gasteiger partial charge in [0.1, 0.15) is 0 Å². The highest BCUT2D eigenvalue weighted by Gasteiger charge is 2.25. The van der Waals surface area contributed by atoms with Crippen molar-refractivity contribution >= 4 is 5.91 Å². The standard InChI is InChI=1S/C16H24N2O2/c1-20-15(12-6-3-2-4-7-12)11-18-16(19)13-8-5-9-14(17)10-13/h2-4,6-7,13-15H,5,8-11,17H2,1H3,(H,18,19). The van der Waals surface area contributed by atoms with Gasteiger partial charge in [-0.3, -0.25) is 4.79 Å². The summed E-state index contributed by atoms with van der Waals surface area (Å²) in [5.41, 5.74) is 7.01. The predicted molar refractivity (Wildman–Crippen MR) is 79.1 cm³/mol. The van der Waals surface area contributed by atoms with Gasteiger partial charge in [0.15, 0.2) is 0 Å². The third-order valence-electron chi connectivity index (χ3n) is 4.00. The predicted octanol–water partition coefficient (Wildman–Crippen LogP) is 2.01. The summed E-state index contributed by atoms with van der Waals surface area (Å²) < 4.78 is 5.46. The third-order valence-corrected chi connectivity index (χ3v) is 4.00. The van der Waals surface area contributed by atoms with Crippen LogP contribution in [0, 0.1) is 5.92 Å². The van der Waals surface area contributed by atoms with Gasteiger partial charge in [-0.25, -0.2) is 0 Å². The molecular weight excluding hydrogens is 252 g/mol. The van der Waals surface area contributed by atoms with Crippen LogP contribution < -0.4 is 11.1 Å². The maximum atomic E-state index is 12.2. The highest BCUT2D eigenvalue weighted by atomic mass is 16.5. The Morgan fingerprint density at radius 3 is 2.80 bits per heavy atom. The van der Waals surface area contributed by atoms with Crippen molar-refractivity contribution in [1.82, 2.24) is 5.32 Å². The van der Waals surface area contributed by atoms with Gasteiger partial charge in [0.25, 0.3) is 0 Å². The van der Waals surface area contributed by atoms with E-state index in [4.69, 9.17) is 10.5 Å². The molecule has 0 spiro atoms. The van der Waals surface area contributed by atoms with E-state index >= 15 is 0 Å². The van der Waals surface area contributed by atoms with Gasteiger partial charge in [0, 0.05) is 25.6 Å². The van der Waals surface area contributed by atoms with Gasteiger partial charge < -0.3 is 15.8 Å². The van der Waals surface area contributed by atoms with Crippen molar-refractivity contribution < 1.29 is 9.53 Å². The number of benzene rings is 1. The number of rotatable bonds is 5. The summed E-state index contributed by atoms with van der Waals surface area (Å²) in [4.78, 5) is 12.2. The molecule has 3 unspecified atom stereocenters. The Bertz CT molecular complexity index is 422. The Morgan fingerprint density at radius 1 is 1.40 bits per heavy atom. The summed E-state index contributed by atoms with van der Waals surface area (Å²) in [5, 5.41) is 3.00. The molecule has 1 aliphatic carbocycles. The summed E-state index contributed by atoms with van der Waals surface area (Å²) in [6, 6.07) is 10.1. The number of hydrogen-bond donors (Lipinski definition) is 2. The number of ether oxygens (including phenoxy) is 1. The first-order valence-corrected chi connectivity index (χ1v) is 7.31. The number of amides is 1. The van der Waals surface area contributed by atoms with E-state index in [1.165, 1.54) is 0 Å². The first kappa shape index (κ1) is 15.0. The van der Waals surface area contributed by atoms with Gasteiger partial charge in [-0.2, -0.15) is 0 Å². The van der Waals surface area contributed by atoms with E-state index in [0.29, 0.717) is 6.54 Å². The average Bonchev–Trinajstić information content (AvgIpc) is 2.49. The molecule has 3 atom stereocenters. The maximum Gasteiger partial charge on any atom is 0.223 e. The normalized spacial score (nSPS) is 24.1. The molecule has 110 valence electrons. The Hall–Kier alpha value is -1.39. The first-order chi connectivity index (χ1) is 9.70. The van der Waals surface area contributed by atoms with Crippen LogP contribution >= 0.6 is 0 Å². The molecule has 1 saturated carbocycles. The first-order valence-electron chi connectivity index (χ1n) is 7.31. The minimum Gasteiger partial charge on any atom is -0.375 e. The summed E-state index contributed by atoms with van der Waals surface area (Å²) in [7, 11) is 1.67. The molecule has 0 heterocycles. The lowest BCUT2D eigenvalue weighted by Crippen LogP contribution is -2.39. The Morgan fingerprint density at radius 2 is 2.15 bits per heavy atom. The quantitative estimate of drug-likeness (QED) is 0.864. The number of methoxy groups -OCH3 is 1. The fourth-order valence-electron chi connectivity index (χ4n) is 2.81. The second-order valence-corrected chi connectivity index (χ2v) is 5.50. The smallest absolute Gasteiger partial charge is 0.223 e. The molecule has 0 radical (unpaired) electrons. The van der Waals surface area contributed by atoms with Crippen LogP contribution in [0.4, 0.5) is 0 Å². The van der Waals surface area contributed by atoms with Crippen LogP contribution in [-0.2, 0) is 9.53 Å². The molecule has 4 heteroatoms. The van der Waals surface area contributed by atoms with Crippen molar-refractivity contribution in [3.8, 4) is 0 Å². The fourth-order valence-corrected chi connectivity index (χ4v) is 2.81. The highest BCUT2D eigenvalue weighted by Crippen LogP contribution is 2.23. The second kappa shape index (κ2) is 7.41. The van der Waals surface area contributed by atoms with Crippen LogP contribution in [0.2, 0.25) is 0 Å². The van der Waals surface area contributed by atoms with E-state index in [1.54, 1.807) is 7.11 Å². The van der Waals surface area contributed by atoms with Crippen LogP contribution in [0.1, 0.15) is 37.4 Å². The monoisotopic (exact) mass is 276 g/mol. The molecular formula is C16H24N2O2. The van der Waals surface area contributed by atoms with Gasteiger partial charge in [0.2, 0.25) is 5.91 Å². The molecule has 2 rings (SSSR count). The largest absolute Gasteiger partial charge is 0.375 e. The Kier molecular flexibility index (Phi) is 5.56. The molecule has 0 bridgehead atoms. The van der Waals surface area contributed by atoms with Crippen LogP contribution in [0.3, 0.4) is 0 Å². The third kappa shape index (κ3) is 4.05. The lowest BCUT2D eigenvalue weighted by atomic mass is 9.85. The number of carbonyl (C=O) groups excluding carboxylic acids is 1. The zero-order valence-electron chi connectivity index (χ0n) is 12.0. The summed E-state index contributed by atoms with van der Waals surface area (Å²) in [6.07, 6.45) is 3.73. The molecule has 0 aliphatic heterocycles. The second-order valence-electron chi connectivity index (χ2n) is 5.50. The number of hydrogen-bond acceptors (Lipinski definition) is 3. The maximum absolute atomic E-state index is 12.2. The molecule has 1 aromatic rings. The van der Waals surface area contributed by atoms with Gasteiger partial charge in [-0.05, 0) is 24.8 Å². The molecule has 3 N–H and O–H groups in total. The Labute approximate surface area is 120 Å². The van der Waals surface area contributed by atoms with Crippen molar-refractivity contribution in [3.05, 3.63) is 35.9 Å². The van der Waals surface area contributed by atoms with Crippen molar-refractivity contribution in [2.24, 2.45) is 11.7 Å². The van der Waals surface area contributed by atoms with E-state index in [0.717, 1.165) is 31.2 Å². The molecule has 4 nitrogen and oxygen atoms in total. The van der Waals surface area contributed by atoms with Crippen LogP contribution in [0.25, 0.3) is 0 Å². The SMILES string of the molecule is COC(CNC(=O)C1CCCC(N)C1)c1ccccc1. The van der Waals surface area contributed by atoms with Gasteiger partial charge in [-0.15, -0.1) is 0 Å². The number of nitrogens with one attached hydrogen (secondary N) is 1. The highest BCUT2D eigenvalue weighted by molar-refractivity contribution is 5.78. The van der Waals surface area contributed by atoms with E-state index < -0.39 is 0 Å². The van der Waals surface area contributed by atoms with Gasteiger partial charge in [0.05, 0.1) is 6.10 Å². The van der Waals surface area contributed by atoms with Gasteiger partial charge >= 0.3 is 0 Å². The molecule has 1 aromatic carbocycles. The lowest BCUT2D eigenvalue weighted by Gasteiger charge is -2.26. The van der Waals surface area contributed by atoms with Crippen molar-refractivity contribution in [3.63, 3.8) is 0 Å². The van der Waals surface area contributed by atoms with E-state index in [2.05, 4.69) is 5.32 Å². The van der Waals surface area contributed by atoms with Crippen LogP contribution in [0.5, 0.6) is 0 Å². The summed E-state index contributed by atoms with van der Waals surface area (Å²) in [6.45, 7) is 0.505. The average molecular weight is 276 g/mol. The topological polar surface area (TPSA) is 64.3 Å². The molecule has 1 fully saturated rings. The Balaban J connectivity index is 1.85. The van der Waals surface area contributed by atoms with Crippen molar-refractivity contribution in [2.75, 3.05) is 13.7 Å². The fraction of sp³-hybridized carbons (Fsp3) is 0.562. The lowest BCUT2D eigenvalue weighted by molar-refractivity contribution is -0.126. The molecule has 1 amide bonds. The number of carbonyl (C=O) groups is 1. The minimum atomic E-state index is -0.0996. The van der Waals surface area contributed by atoms with E-state index in [9.17, 15) is 4.79 Å². The minimum absolute atomic E-state index is 0.0621. The molecule has 0 saturated heterocycles. The van der Waals surface area contributed by atoms with E-state index in [-0.39, 0.29) is 24.0 Å². The van der Waals surface area contributed by atoms with Crippen LogP contribution in [0.15, 0.2) is 30.3 Å². The summed E-state index contributed by atoms with van der Waals surface area (Å²) in [5.74, 6) is 0.171. The van der Waals surface area contributed by atoms with E-state index in [1.807, 2.05) is 30.3 Å². The number of nitrogens with two attached hydrogens (primary N) is 1. The zero-order valence-corrected chi connectivity index (χ0v) is 12.0. The van der Waals surface area contributed by atoms with Crippen molar-refractivity contribution in [2.45, 2.75) is 37.8 Å². The molecule has 20 heavy (non-hydrogen) atoms. The molecule has 1 aliphatic rings.